The third-order valence-electron chi connectivity index (χ3n) is 3.22. The number of fused-ring (bicyclic) bond motifs is 1. The molecule has 1 fully saturated rings. The summed E-state index contributed by atoms with van der Waals surface area (Å²) in [7, 11) is 0. The molecule has 7 heteroatoms. The number of benzene rings is 1. The second-order valence-corrected chi connectivity index (χ2v) is 5.89. The Bertz CT molecular complexity index is 584. The van der Waals surface area contributed by atoms with Gasteiger partial charge < -0.3 is 10.1 Å². The minimum absolute atomic E-state index is 0.238. The third-order valence-corrected chi connectivity index (χ3v) is 4.34. The molecule has 1 unspecified atom stereocenters. The molecule has 2 aromatic rings. The van der Waals surface area contributed by atoms with E-state index in [0.29, 0.717) is 15.6 Å². The van der Waals surface area contributed by atoms with Crippen LogP contribution >= 0.6 is 34.9 Å². The maximum atomic E-state index is 6.23. The van der Waals surface area contributed by atoms with E-state index in [9.17, 15) is 0 Å². The summed E-state index contributed by atoms with van der Waals surface area (Å²) in [6, 6.07) is 1.71. The molecular formula is C12H13Cl2N3OS. The largest absolute Gasteiger partial charge is 0.379 e. The molecule has 0 bridgehead atoms. The van der Waals surface area contributed by atoms with Crippen LogP contribution in [0.2, 0.25) is 10.0 Å². The van der Waals surface area contributed by atoms with Crippen molar-refractivity contribution in [2.45, 2.75) is 25.4 Å². The number of anilines is 1. The van der Waals surface area contributed by atoms with Crippen molar-refractivity contribution in [2.24, 2.45) is 0 Å². The van der Waals surface area contributed by atoms with Crippen molar-refractivity contribution in [3.05, 3.63) is 16.1 Å². The van der Waals surface area contributed by atoms with Crippen LogP contribution < -0.4 is 5.32 Å². The van der Waals surface area contributed by atoms with Crippen LogP contribution in [0.5, 0.6) is 0 Å². The fourth-order valence-corrected chi connectivity index (χ4v) is 3.41. The number of nitrogens with one attached hydrogen (secondary N) is 1. The summed E-state index contributed by atoms with van der Waals surface area (Å²) < 4.78 is 14.1. The first-order chi connectivity index (χ1) is 9.25. The topological polar surface area (TPSA) is 47.0 Å². The monoisotopic (exact) mass is 317 g/mol. The maximum Gasteiger partial charge on any atom is 0.130 e. The van der Waals surface area contributed by atoms with Gasteiger partial charge in [0.15, 0.2) is 0 Å². The lowest BCUT2D eigenvalue weighted by Crippen LogP contribution is -2.27. The lowest BCUT2D eigenvalue weighted by atomic mass is 10.1. The van der Waals surface area contributed by atoms with E-state index in [2.05, 4.69) is 14.1 Å². The van der Waals surface area contributed by atoms with Crippen LogP contribution in [0.25, 0.3) is 11.0 Å². The zero-order valence-corrected chi connectivity index (χ0v) is 12.5. The molecule has 0 saturated carbocycles. The summed E-state index contributed by atoms with van der Waals surface area (Å²) in [6.45, 7) is 1.57. The van der Waals surface area contributed by atoms with Gasteiger partial charge in [0.2, 0.25) is 0 Å². The van der Waals surface area contributed by atoms with Crippen LogP contribution in [-0.2, 0) is 4.74 Å². The van der Waals surface area contributed by atoms with Gasteiger partial charge in [-0.15, -0.1) is 0 Å². The summed E-state index contributed by atoms with van der Waals surface area (Å²) in [4.78, 5) is 0. The minimum Gasteiger partial charge on any atom is -0.379 e. The van der Waals surface area contributed by atoms with Crippen molar-refractivity contribution < 1.29 is 4.74 Å². The molecule has 0 spiro atoms. The van der Waals surface area contributed by atoms with Gasteiger partial charge in [-0.25, -0.2) is 0 Å². The van der Waals surface area contributed by atoms with Crippen molar-refractivity contribution in [1.29, 1.82) is 0 Å². The quantitative estimate of drug-likeness (QED) is 0.930. The summed E-state index contributed by atoms with van der Waals surface area (Å²) in [5.41, 5.74) is 2.23. The van der Waals surface area contributed by atoms with Crippen LogP contribution in [0.3, 0.4) is 0 Å². The number of hydrogen-bond acceptors (Lipinski definition) is 5. The molecule has 1 N–H and O–H groups in total. The predicted octanol–water partition coefficient (Wildman–Crippen LogP) is 3.98. The minimum atomic E-state index is 0.238. The Labute approximate surface area is 125 Å². The first-order valence-corrected chi connectivity index (χ1v) is 7.70. The van der Waals surface area contributed by atoms with Crippen molar-refractivity contribution >= 4 is 51.7 Å². The number of aromatic nitrogens is 2. The van der Waals surface area contributed by atoms with E-state index in [4.69, 9.17) is 27.9 Å². The van der Waals surface area contributed by atoms with Crippen molar-refractivity contribution in [1.82, 2.24) is 8.75 Å². The molecule has 3 rings (SSSR count). The van der Waals surface area contributed by atoms with Gasteiger partial charge in [0.1, 0.15) is 11.0 Å². The van der Waals surface area contributed by atoms with Crippen molar-refractivity contribution in [2.75, 3.05) is 18.5 Å². The second kappa shape index (κ2) is 5.79. The van der Waals surface area contributed by atoms with Gasteiger partial charge in [0.05, 0.1) is 33.6 Å². The number of halogens is 2. The fraction of sp³-hybridized carbons (Fsp3) is 0.500. The van der Waals surface area contributed by atoms with Crippen molar-refractivity contribution in [3.63, 3.8) is 0 Å². The van der Waals surface area contributed by atoms with Crippen LogP contribution in [0.4, 0.5) is 5.69 Å². The van der Waals surface area contributed by atoms with E-state index in [-0.39, 0.29) is 6.10 Å². The SMILES string of the molecule is Clc1cc(Cl)c2nsnc2c1NCC1CCCCO1. The molecule has 2 heterocycles. The Kier molecular flexibility index (Phi) is 4.07. The molecule has 0 amide bonds. The molecule has 1 saturated heterocycles. The van der Waals surface area contributed by atoms with Gasteiger partial charge in [-0.05, 0) is 25.3 Å². The Hall–Kier alpha value is -0.620. The van der Waals surface area contributed by atoms with Gasteiger partial charge in [-0.3, -0.25) is 0 Å². The Morgan fingerprint density at radius 1 is 1.26 bits per heavy atom. The van der Waals surface area contributed by atoms with E-state index >= 15 is 0 Å². The molecule has 1 aliphatic heterocycles. The van der Waals surface area contributed by atoms with E-state index in [1.54, 1.807) is 6.07 Å². The summed E-state index contributed by atoms with van der Waals surface area (Å²) >= 11 is 13.5. The van der Waals surface area contributed by atoms with E-state index in [0.717, 1.165) is 48.9 Å². The zero-order chi connectivity index (χ0) is 13.2. The number of hydrogen-bond donors (Lipinski definition) is 1. The smallest absolute Gasteiger partial charge is 0.130 e. The molecule has 0 aliphatic carbocycles. The average Bonchev–Trinajstić information content (AvgIpc) is 2.89. The van der Waals surface area contributed by atoms with Gasteiger partial charge in [0.25, 0.3) is 0 Å². The molecular weight excluding hydrogens is 305 g/mol. The third kappa shape index (κ3) is 2.79. The highest BCUT2D eigenvalue weighted by molar-refractivity contribution is 7.00. The van der Waals surface area contributed by atoms with E-state index in [1.807, 2.05) is 0 Å². The Balaban J connectivity index is 1.81. The molecule has 1 atom stereocenters. The van der Waals surface area contributed by atoms with Crippen LogP contribution in [0.15, 0.2) is 6.07 Å². The lowest BCUT2D eigenvalue weighted by molar-refractivity contribution is 0.0248. The van der Waals surface area contributed by atoms with Gasteiger partial charge in [-0.2, -0.15) is 8.75 Å². The van der Waals surface area contributed by atoms with Crippen LogP contribution in [0.1, 0.15) is 19.3 Å². The van der Waals surface area contributed by atoms with E-state index in [1.165, 1.54) is 6.42 Å². The summed E-state index contributed by atoms with van der Waals surface area (Å²) in [5.74, 6) is 0. The van der Waals surface area contributed by atoms with E-state index < -0.39 is 0 Å². The maximum absolute atomic E-state index is 6.23. The van der Waals surface area contributed by atoms with Gasteiger partial charge >= 0.3 is 0 Å². The lowest BCUT2D eigenvalue weighted by Gasteiger charge is -2.23. The van der Waals surface area contributed by atoms with Crippen LogP contribution in [0, 0.1) is 0 Å². The normalized spacial score (nSPS) is 19.8. The number of rotatable bonds is 3. The second-order valence-electron chi connectivity index (χ2n) is 4.55. The zero-order valence-electron chi connectivity index (χ0n) is 10.2. The molecule has 0 radical (unpaired) electrons. The molecule has 19 heavy (non-hydrogen) atoms. The Morgan fingerprint density at radius 2 is 2.11 bits per heavy atom. The van der Waals surface area contributed by atoms with Gasteiger partial charge in [0, 0.05) is 13.2 Å². The first kappa shape index (κ1) is 13.4. The van der Waals surface area contributed by atoms with Crippen LogP contribution in [-0.4, -0.2) is 28.0 Å². The van der Waals surface area contributed by atoms with Gasteiger partial charge in [-0.1, -0.05) is 23.2 Å². The number of nitrogens with zero attached hydrogens (tertiary/aromatic N) is 2. The number of ether oxygens (including phenoxy) is 1. The first-order valence-electron chi connectivity index (χ1n) is 6.21. The summed E-state index contributed by atoms with van der Waals surface area (Å²) in [6.07, 6.45) is 3.69. The highest BCUT2D eigenvalue weighted by Crippen LogP contribution is 2.35. The molecule has 4 nitrogen and oxygen atoms in total. The van der Waals surface area contributed by atoms with Crippen molar-refractivity contribution in [3.8, 4) is 0 Å². The summed E-state index contributed by atoms with van der Waals surface area (Å²) in [5, 5.41) is 4.43. The molecule has 1 aliphatic rings. The highest BCUT2D eigenvalue weighted by Gasteiger charge is 2.17. The molecule has 102 valence electrons. The predicted molar refractivity (Wildman–Crippen MR) is 79.5 cm³/mol. The molecule has 1 aromatic heterocycles. The molecule has 1 aromatic carbocycles. The Morgan fingerprint density at radius 3 is 2.89 bits per heavy atom. The fourth-order valence-electron chi connectivity index (χ4n) is 2.23. The highest BCUT2D eigenvalue weighted by atomic mass is 35.5. The average molecular weight is 318 g/mol. The standard InChI is InChI=1S/C12H13Cl2N3OS/c13-8-5-9(14)11-12(17-19-16-11)10(8)15-6-7-3-1-2-4-18-7/h5,7,15H,1-4,6H2.